The first-order valence-corrected chi connectivity index (χ1v) is 9.33. The van der Waals surface area contributed by atoms with Crippen molar-refractivity contribution in [3.8, 4) is 11.3 Å². The molecule has 2 aromatic carbocycles. The molecular formula is C23H23N3O2. The molecular weight excluding hydrogens is 350 g/mol. The zero-order valence-corrected chi connectivity index (χ0v) is 16.5. The molecule has 5 nitrogen and oxygen atoms in total. The minimum absolute atomic E-state index is 0.251. The monoisotopic (exact) mass is 373 g/mol. The molecule has 2 N–H and O–H groups in total. The van der Waals surface area contributed by atoms with Crippen molar-refractivity contribution in [2.24, 2.45) is 0 Å². The van der Waals surface area contributed by atoms with Crippen LogP contribution >= 0.6 is 0 Å². The van der Waals surface area contributed by atoms with Crippen molar-refractivity contribution in [3.63, 3.8) is 0 Å². The van der Waals surface area contributed by atoms with Gasteiger partial charge in [0, 0.05) is 24.5 Å². The minimum atomic E-state index is -0.251. The molecule has 0 unspecified atom stereocenters. The van der Waals surface area contributed by atoms with Crippen molar-refractivity contribution in [2.75, 3.05) is 0 Å². The highest BCUT2D eigenvalue weighted by molar-refractivity contribution is 5.95. The maximum atomic E-state index is 12.5. The van der Waals surface area contributed by atoms with Gasteiger partial charge in [-0.25, -0.2) is 4.98 Å². The zero-order chi connectivity index (χ0) is 19.8. The van der Waals surface area contributed by atoms with Gasteiger partial charge < -0.3 is 14.7 Å². The van der Waals surface area contributed by atoms with E-state index < -0.39 is 0 Å². The molecule has 0 bridgehead atoms. The Morgan fingerprint density at radius 1 is 1.11 bits per heavy atom. The van der Waals surface area contributed by atoms with Crippen LogP contribution in [0.5, 0.6) is 0 Å². The first-order chi connectivity index (χ1) is 13.4. The molecule has 142 valence electrons. The molecule has 2 heterocycles. The zero-order valence-electron chi connectivity index (χ0n) is 16.5. The number of fused-ring (bicyclic) bond motifs is 1. The first kappa shape index (κ1) is 18.0. The lowest BCUT2D eigenvalue weighted by Crippen LogP contribution is -2.23. The summed E-state index contributed by atoms with van der Waals surface area (Å²) in [6.45, 7) is 8.12. The van der Waals surface area contributed by atoms with Crippen molar-refractivity contribution >= 4 is 16.8 Å². The number of hydrogen-bond donors (Lipinski definition) is 2. The second kappa shape index (κ2) is 7.00. The first-order valence-electron chi connectivity index (χ1n) is 9.33. The van der Waals surface area contributed by atoms with Gasteiger partial charge in [0.25, 0.3) is 5.91 Å². The Bertz CT molecular complexity index is 1170. The summed E-state index contributed by atoms with van der Waals surface area (Å²) < 4.78 is 5.43. The van der Waals surface area contributed by atoms with Crippen LogP contribution in [0.3, 0.4) is 0 Å². The van der Waals surface area contributed by atoms with Crippen LogP contribution in [0.25, 0.3) is 22.2 Å². The predicted molar refractivity (Wildman–Crippen MR) is 110 cm³/mol. The van der Waals surface area contributed by atoms with Crippen LogP contribution in [-0.2, 0) is 6.54 Å². The summed E-state index contributed by atoms with van der Waals surface area (Å²) in [4.78, 5) is 20.2. The number of amides is 1. The lowest BCUT2D eigenvalue weighted by molar-refractivity contribution is 0.0921. The average molecular weight is 373 g/mol. The molecule has 0 aliphatic heterocycles. The molecule has 0 aliphatic rings. The van der Waals surface area contributed by atoms with Gasteiger partial charge in [-0.3, -0.25) is 4.79 Å². The highest BCUT2D eigenvalue weighted by Gasteiger charge is 2.17. The number of carbonyl (C=O) groups excluding carboxylic acids is 1. The summed E-state index contributed by atoms with van der Waals surface area (Å²) in [5.41, 5.74) is 7.32. The number of hydrogen-bond acceptors (Lipinski definition) is 3. The van der Waals surface area contributed by atoms with Crippen molar-refractivity contribution < 1.29 is 9.21 Å². The van der Waals surface area contributed by atoms with E-state index in [-0.39, 0.29) is 11.7 Å². The summed E-state index contributed by atoms with van der Waals surface area (Å²) in [6.07, 6.45) is 0. The fourth-order valence-corrected chi connectivity index (χ4v) is 3.69. The largest absolute Gasteiger partial charge is 0.436 e. The number of aromatic amines is 1. The average Bonchev–Trinajstić information content (AvgIpc) is 3.19. The molecule has 0 radical (unpaired) electrons. The number of H-pyrrole nitrogens is 1. The number of nitrogens with one attached hydrogen (secondary N) is 2. The number of aryl methyl sites for hydroxylation is 4. The number of rotatable bonds is 4. The quantitative estimate of drug-likeness (QED) is 0.529. The molecule has 1 amide bonds. The van der Waals surface area contributed by atoms with E-state index in [0.717, 1.165) is 27.9 Å². The number of oxazole rings is 1. The standard InChI is InChI=1S/C23H23N3O2/c1-13-10-18(12-24-23(27)22-15(3)25-16(4)28-22)21-19(11-13)14(2)20(26-21)17-8-6-5-7-9-17/h5-11,26H,12H2,1-4H3,(H,24,27). The van der Waals surface area contributed by atoms with E-state index in [9.17, 15) is 4.79 Å². The van der Waals surface area contributed by atoms with Crippen molar-refractivity contribution in [1.82, 2.24) is 15.3 Å². The molecule has 4 rings (SSSR count). The Morgan fingerprint density at radius 2 is 1.86 bits per heavy atom. The van der Waals surface area contributed by atoms with E-state index in [1.165, 1.54) is 10.9 Å². The molecule has 4 aromatic rings. The van der Waals surface area contributed by atoms with E-state index in [1.54, 1.807) is 13.8 Å². The molecule has 2 aromatic heterocycles. The topological polar surface area (TPSA) is 70.9 Å². The third kappa shape index (κ3) is 3.20. The van der Waals surface area contributed by atoms with Gasteiger partial charge in [-0.15, -0.1) is 0 Å². The second-order valence-corrected chi connectivity index (χ2v) is 7.17. The lowest BCUT2D eigenvalue weighted by Gasteiger charge is -2.07. The van der Waals surface area contributed by atoms with Gasteiger partial charge in [-0.2, -0.15) is 0 Å². The highest BCUT2D eigenvalue weighted by atomic mass is 16.4. The SMILES string of the molecule is Cc1cc(CNC(=O)c2oc(C)nc2C)c2[nH]c(-c3ccccc3)c(C)c2c1. The predicted octanol–water partition coefficient (Wildman–Crippen LogP) is 4.99. The highest BCUT2D eigenvalue weighted by Crippen LogP contribution is 2.32. The Hall–Kier alpha value is -3.34. The minimum Gasteiger partial charge on any atom is -0.436 e. The summed E-state index contributed by atoms with van der Waals surface area (Å²) in [5, 5.41) is 4.14. The molecule has 0 atom stereocenters. The molecule has 0 saturated heterocycles. The summed E-state index contributed by atoms with van der Waals surface area (Å²) in [6, 6.07) is 14.6. The number of nitrogens with zero attached hydrogens (tertiary/aromatic N) is 1. The number of aromatic nitrogens is 2. The van der Waals surface area contributed by atoms with Crippen LogP contribution in [0, 0.1) is 27.7 Å². The van der Waals surface area contributed by atoms with E-state index >= 15 is 0 Å². The normalized spacial score (nSPS) is 11.1. The van der Waals surface area contributed by atoms with Crippen LogP contribution in [-0.4, -0.2) is 15.9 Å². The third-order valence-electron chi connectivity index (χ3n) is 5.00. The molecule has 0 spiro atoms. The van der Waals surface area contributed by atoms with Crippen molar-refractivity contribution in [1.29, 1.82) is 0 Å². The van der Waals surface area contributed by atoms with E-state index in [4.69, 9.17) is 4.42 Å². The lowest BCUT2D eigenvalue weighted by atomic mass is 10.0. The second-order valence-electron chi connectivity index (χ2n) is 7.17. The van der Waals surface area contributed by atoms with Gasteiger partial charge in [0.15, 0.2) is 5.89 Å². The summed E-state index contributed by atoms with van der Waals surface area (Å²) in [7, 11) is 0. The van der Waals surface area contributed by atoms with Crippen molar-refractivity contribution in [3.05, 3.63) is 76.5 Å². The van der Waals surface area contributed by atoms with Gasteiger partial charge in [-0.05, 0) is 43.5 Å². The van der Waals surface area contributed by atoms with Gasteiger partial charge in [0.05, 0.1) is 11.2 Å². The van der Waals surface area contributed by atoms with Gasteiger partial charge in [-0.1, -0.05) is 42.0 Å². The van der Waals surface area contributed by atoms with Crippen LogP contribution in [0.2, 0.25) is 0 Å². The van der Waals surface area contributed by atoms with Crippen LogP contribution < -0.4 is 5.32 Å². The van der Waals surface area contributed by atoms with Crippen LogP contribution in [0.15, 0.2) is 46.9 Å². The third-order valence-corrected chi connectivity index (χ3v) is 5.00. The Labute approximate surface area is 163 Å². The van der Waals surface area contributed by atoms with Crippen LogP contribution in [0.1, 0.15) is 38.8 Å². The van der Waals surface area contributed by atoms with Gasteiger partial charge in [0.2, 0.25) is 5.76 Å². The molecule has 28 heavy (non-hydrogen) atoms. The number of benzene rings is 2. The van der Waals surface area contributed by atoms with Gasteiger partial charge in [0.1, 0.15) is 0 Å². The van der Waals surface area contributed by atoms with E-state index in [1.807, 2.05) is 18.2 Å². The molecule has 0 fully saturated rings. The smallest absolute Gasteiger partial charge is 0.289 e. The fourth-order valence-electron chi connectivity index (χ4n) is 3.69. The van der Waals surface area contributed by atoms with Crippen LogP contribution in [0.4, 0.5) is 0 Å². The fraction of sp³-hybridized carbons (Fsp3) is 0.217. The molecule has 0 aliphatic carbocycles. The number of carbonyl (C=O) groups is 1. The molecule has 0 saturated carbocycles. The van der Waals surface area contributed by atoms with E-state index in [2.05, 4.69) is 53.4 Å². The van der Waals surface area contributed by atoms with Gasteiger partial charge >= 0.3 is 0 Å². The van der Waals surface area contributed by atoms with Crippen molar-refractivity contribution in [2.45, 2.75) is 34.2 Å². The Kier molecular flexibility index (Phi) is 4.51. The Morgan fingerprint density at radius 3 is 2.54 bits per heavy atom. The maximum Gasteiger partial charge on any atom is 0.289 e. The van der Waals surface area contributed by atoms with E-state index in [0.29, 0.717) is 18.1 Å². The summed E-state index contributed by atoms with van der Waals surface area (Å²) in [5.74, 6) is 0.515. The maximum absolute atomic E-state index is 12.5. The molecule has 5 heteroatoms. The summed E-state index contributed by atoms with van der Waals surface area (Å²) >= 11 is 0. The Balaban J connectivity index is 1.69.